The van der Waals surface area contributed by atoms with Crippen LogP contribution in [0.1, 0.15) is 31.2 Å². The van der Waals surface area contributed by atoms with E-state index in [1.54, 1.807) is 13.2 Å². The molecule has 1 heterocycles. The molecule has 1 aliphatic rings. The Labute approximate surface area is 145 Å². The van der Waals surface area contributed by atoms with Gasteiger partial charge in [0.15, 0.2) is 5.82 Å². The minimum atomic E-state index is -0.982. The van der Waals surface area contributed by atoms with Gasteiger partial charge in [-0.05, 0) is 30.5 Å². The van der Waals surface area contributed by atoms with Crippen LogP contribution in [0.15, 0.2) is 36.5 Å². The second-order valence-electron chi connectivity index (χ2n) is 6.27. The number of ether oxygens (including phenoxy) is 1. The lowest BCUT2D eigenvalue weighted by Gasteiger charge is -2.28. The molecule has 0 bridgehead atoms. The highest BCUT2D eigenvalue weighted by Gasteiger charge is 2.43. The fourth-order valence-electron chi connectivity index (χ4n) is 3.44. The minimum absolute atomic E-state index is 0.112. The average molecular weight is 343 g/mol. The van der Waals surface area contributed by atoms with Gasteiger partial charge in [-0.25, -0.2) is 0 Å². The third-order valence-corrected chi connectivity index (χ3v) is 4.69. The maximum atomic E-state index is 13.1. The summed E-state index contributed by atoms with van der Waals surface area (Å²) in [6.07, 6.45) is 5.04. The summed E-state index contributed by atoms with van der Waals surface area (Å²) < 4.78 is 6.58. The van der Waals surface area contributed by atoms with Gasteiger partial charge < -0.3 is 15.2 Å². The molecule has 25 heavy (non-hydrogen) atoms. The highest BCUT2D eigenvalue weighted by Crippen LogP contribution is 2.42. The first-order chi connectivity index (χ1) is 12.0. The summed E-state index contributed by atoms with van der Waals surface area (Å²) >= 11 is 0. The number of amides is 1. The normalized spacial score (nSPS) is 15.7. The Morgan fingerprint density at radius 2 is 2.08 bits per heavy atom. The van der Waals surface area contributed by atoms with Gasteiger partial charge in [-0.1, -0.05) is 25.0 Å². The van der Waals surface area contributed by atoms with Crippen LogP contribution < -0.4 is 10.1 Å². The van der Waals surface area contributed by atoms with Crippen LogP contribution in [0.25, 0.3) is 0 Å². The van der Waals surface area contributed by atoms with E-state index in [-0.39, 0.29) is 12.5 Å². The Balaban J connectivity index is 1.83. The van der Waals surface area contributed by atoms with E-state index >= 15 is 0 Å². The van der Waals surface area contributed by atoms with Gasteiger partial charge in [-0.15, -0.1) is 0 Å². The molecule has 1 aromatic heterocycles. The molecule has 1 aliphatic carbocycles. The maximum Gasteiger partial charge on any atom is 0.325 e. The van der Waals surface area contributed by atoms with Gasteiger partial charge in [0.1, 0.15) is 12.3 Å². The van der Waals surface area contributed by atoms with Crippen molar-refractivity contribution in [3.05, 3.63) is 42.1 Å². The summed E-state index contributed by atoms with van der Waals surface area (Å²) in [4.78, 5) is 23.8. The molecular weight excluding hydrogens is 322 g/mol. The molecule has 3 rings (SSSR count). The van der Waals surface area contributed by atoms with Crippen LogP contribution in [0.2, 0.25) is 0 Å². The van der Waals surface area contributed by atoms with E-state index in [1.165, 1.54) is 10.9 Å². The molecular formula is C18H21N3O4. The Kier molecular flexibility index (Phi) is 4.74. The second-order valence-corrected chi connectivity index (χ2v) is 6.27. The van der Waals surface area contributed by atoms with E-state index in [0.29, 0.717) is 5.82 Å². The van der Waals surface area contributed by atoms with Gasteiger partial charge in [0, 0.05) is 12.3 Å². The van der Waals surface area contributed by atoms with Crippen molar-refractivity contribution in [3.63, 3.8) is 0 Å². The highest BCUT2D eigenvalue weighted by molar-refractivity contribution is 5.98. The number of aromatic nitrogens is 2. The maximum absolute atomic E-state index is 13.1. The first kappa shape index (κ1) is 17.0. The number of aliphatic carboxylic acids is 1. The molecule has 0 saturated heterocycles. The number of benzene rings is 1. The fourth-order valence-corrected chi connectivity index (χ4v) is 3.44. The van der Waals surface area contributed by atoms with Gasteiger partial charge in [0.2, 0.25) is 5.91 Å². The molecule has 0 radical (unpaired) electrons. The third-order valence-electron chi connectivity index (χ3n) is 4.69. The molecule has 1 amide bonds. The first-order valence-electron chi connectivity index (χ1n) is 8.25. The van der Waals surface area contributed by atoms with Gasteiger partial charge in [-0.2, -0.15) is 5.10 Å². The van der Waals surface area contributed by atoms with E-state index in [0.717, 1.165) is 37.0 Å². The van der Waals surface area contributed by atoms with Gasteiger partial charge in [0.25, 0.3) is 0 Å². The lowest BCUT2D eigenvalue weighted by molar-refractivity contribution is -0.137. The molecule has 7 heteroatoms. The van der Waals surface area contributed by atoms with Crippen molar-refractivity contribution in [2.24, 2.45) is 0 Å². The number of carbonyl (C=O) groups is 2. The zero-order chi connectivity index (χ0) is 17.9. The molecule has 0 unspecified atom stereocenters. The van der Waals surface area contributed by atoms with E-state index in [1.807, 2.05) is 24.3 Å². The van der Waals surface area contributed by atoms with Gasteiger partial charge in [0.05, 0.1) is 12.5 Å². The van der Waals surface area contributed by atoms with Crippen LogP contribution in [-0.2, 0) is 21.5 Å². The predicted octanol–water partition coefficient (Wildman–Crippen LogP) is 2.43. The molecule has 2 N–H and O–H groups in total. The smallest absolute Gasteiger partial charge is 0.325 e. The fraction of sp³-hybridized carbons (Fsp3) is 0.389. The monoisotopic (exact) mass is 343 g/mol. The van der Waals surface area contributed by atoms with Crippen LogP contribution in [0.4, 0.5) is 5.82 Å². The number of carboxylic acid groups (broad SMARTS) is 1. The Morgan fingerprint density at radius 3 is 2.76 bits per heavy atom. The minimum Gasteiger partial charge on any atom is -0.497 e. The van der Waals surface area contributed by atoms with Crippen LogP contribution in [0.3, 0.4) is 0 Å². The van der Waals surface area contributed by atoms with Crippen LogP contribution in [0.5, 0.6) is 5.75 Å². The molecule has 2 aromatic rings. The first-order valence-corrected chi connectivity index (χ1v) is 8.25. The molecule has 1 saturated carbocycles. The van der Waals surface area contributed by atoms with Crippen molar-refractivity contribution in [2.75, 3.05) is 12.4 Å². The quantitative estimate of drug-likeness (QED) is 0.840. The van der Waals surface area contributed by atoms with Crippen LogP contribution >= 0.6 is 0 Å². The largest absolute Gasteiger partial charge is 0.497 e. The van der Waals surface area contributed by atoms with Crippen molar-refractivity contribution >= 4 is 17.7 Å². The molecule has 0 aliphatic heterocycles. The van der Waals surface area contributed by atoms with Gasteiger partial charge >= 0.3 is 5.97 Å². The SMILES string of the molecule is COc1cccc(C2(C(=O)Nc3ccn(CC(=O)O)n3)CCCC2)c1. The predicted molar refractivity (Wildman–Crippen MR) is 91.6 cm³/mol. The Morgan fingerprint density at radius 1 is 1.32 bits per heavy atom. The number of carboxylic acids is 1. The number of rotatable bonds is 6. The molecule has 0 atom stereocenters. The number of hydrogen-bond acceptors (Lipinski definition) is 4. The van der Waals surface area contributed by atoms with E-state index in [2.05, 4.69) is 10.4 Å². The average Bonchev–Trinajstić information content (AvgIpc) is 3.25. The van der Waals surface area contributed by atoms with Crippen LogP contribution in [-0.4, -0.2) is 33.9 Å². The Bertz CT molecular complexity index is 778. The number of carbonyl (C=O) groups excluding carboxylic acids is 1. The van der Waals surface area contributed by atoms with Gasteiger partial charge in [-0.3, -0.25) is 14.3 Å². The topological polar surface area (TPSA) is 93.5 Å². The molecule has 132 valence electrons. The van der Waals surface area contributed by atoms with Crippen molar-refractivity contribution in [3.8, 4) is 5.75 Å². The Hall–Kier alpha value is -2.83. The summed E-state index contributed by atoms with van der Waals surface area (Å²) in [5.41, 5.74) is 0.331. The molecule has 1 fully saturated rings. The lowest BCUT2D eigenvalue weighted by Crippen LogP contribution is -2.38. The zero-order valence-corrected chi connectivity index (χ0v) is 14.1. The summed E-state index contributed by atoms with van der Waals surface area (Å²) in [6, 6.07) is 9.22. The summed E-state index contributed by atoms with van der Waals surface area (Å²) in [7, 11) is 1.61. The zero-order valence-electron chi connectivity index (χ0n) is 14.1. The number of nitrogens with zero attached hydrogens (tertiary/aromatic N) is 2. The standard InChI is InChI=1S/C18H21N3O4/c1-25-14-6-4-5-13(11-14)18(8-2-3-9-18)17(24)19-15-7-10-21(20-15)12-16(22)23/h4-7,10-11H,2-3,8-9,12H2,1H3,(H,22,23)(H,19,20,24). The summed E-state index contributed by atoms with van der Waals surface area (Å²) in [6.45, 7) is -0.239. The van der Waals surface area contributed by atoms with Crippen LogP contribution in [0, 0.1) is 0 Å². The summed E-state index contributed by atoms with van der Waals surface area (Å²) in [5, 5.41) is 15.8. The highest BCUT2D eigenvalue weighted by atomic mass is 16.5. The number of anilines is 1. The molecule has 1 aromatic carbocycles. The van der Waals surface area contributed by atoms with Crippen molar-refractivity contribution in [1.29, 1.82) is 0 Å². The van der Waals surface area contributed by atoms with E-state index < -0.39 is 11.4 Å². The van der Waals surface area contributed by atoms with Crippen molar-refractivity contribution < 1.29 is 19.4 Å². The number of hydrogen-bond donors (Lipinski definition) is 2. The van der Waals surface area contributed by atoms with Crippen molar-refractivity contribution in [1.82, 2.24) is 9.78 Å². The number of nitrogens with one attached hydrogen (secondary N) is 1. The third kappa shape index (κ3) is 3.50. The summed E-state index contributed by atoms with van der Waals surface area (Å²) in [5.74, 6) is -0.00817. The lowest BCUT2D eigenvalue weighted by atomic mass is 9.78. The number of methoxy groups -OCH3 is 1. The van der Waals surface area contributed by atoms with Crippen molar-refractivity contribution in [2.45, 2.75) is 37.6 Å². The van der Waals surface area contributed by atoms with E-state index in [4.69, 9.17) is 9.84 Å². The molecule has 7 nitrogen and oxygen atoms in total. The molecule has 0 spiro atoms. The van der Waals surface area contributed by atoms with E-state index in [9.17, 15) is 9.59 Å². The second kappa shape index (κ2) is 6.96.